The topological polar surface area (TPSA) is 18.5 Å². The summed E-state index contributed by atoms with van der Waals surface area (Å²) >= 11 is 0. The highest BCUT2D eigenvalue weighted by atomic mass is 16.5. The Kier molecular flexibility index (Phi) is 5.30. The van der Waals surface area contributed by atoms with Gasteiger partial charge in [-0.3, -0.25) is 0 Å². The molecule has 100 valence electrons. The predicted molar refractivity (Wildman–Crippen MR) is 70.1 cm³/mol. The Morgan fingerprint density at radius 3 is 2.24 bits per heavy atom. The molecule has 1 aliphatic heterocycles. The molecule has 2 atom stereocenters. The summed E-state index contributed by atoms with van der Waals surface area (Å²) in [4.78, 5) is 0. The summed E-state index contributed by atoms with van der Waals surface area (Å²) in [5.74, 6) is 1.74. The minimum absolute atomic E-state index is 0.531. The van der Waals surface area contributed by atoms with Crippen LogP contribution < -0.4 is 0 Å². The van der Waals surface area contributed by atoms with Gasteiger partial charge in [-0.15, -0.1) is 0 Å². The summed E-state index contributed by atoms with van der Waals surface area (Å²) in [6, 6.07) is 0. The number of hydrogen-bond acceptors (Lipinski definition) is 2. The Morgan fingerprint density at radius 1 is 1.00 bits per heavy atom. The Bertz CT molecular complexity index is 201. The first-order valence-corrected chi connectivity index (χ1v) is 7.47. The summed E-state index contributed by atoms with van der Waals surface area (Å²) in [5.41, 5.74) is 0. The van der Waals surface area contributed by atoms with Gasteiger partial charge in [0.2, 0.25) is 0 Å². The maximum absolute atomic E-state index is 6.01. The van der Waals surface area contributed by atoms with Crippen molar-refractivity contribution in [2.45, 2.75) is 70.5 Å². The van der Waals surface area contributed by atoms with E-state index in [0.717, 1.165) is 18.4 Å². The van der Waals surface area contributed by atoms with Crippen LogP contribution in [0.3, 0.4) is 0 Å². The Labute approximate surface area is 106 Å². The van der Waals surface area contributed by atoms with Gasteiger partial charge in [-0.25, -0.2) is 0 Å². The largest absolute Gasteiger partial charge is 0.381 e. The van der Waals surface area contributed by atoms with E-state index in [2.05, 4.69) is 6.92 Å². The lowest BCUT2D eigenvalue weighted by atomic mass is 9.76. The van der Waals surface area contributed by atoms with E-state index in [1.54, 1.807) is 0 Å². The molecule has 0 spiro atoms. The Balaban J connectivity index is 1.70. The highest BCUT2D eigenvalue weighted by molar-refractivity contribution is 4.81. The second-order valence-corrected chi connectivity index (χ2v) is 5.85. The molecule has 1 saturated heterocycles. The molecule has 1 aliphatic carbocycles. The molecule has 0 aromatic carbocycles. The molecule has 0 N–H and O–H groups in total. The van der Waals surface area contributed by atoms with Crippen LogP contribution in [0.2, 0.25) is 0 Å². The van der Waals surface area contributed by atoms with Crippen LogP contribution in [0.4, 0.5) is 0 Å². The third-order valence-electron chi connectivity index (χ3n) is 4.73. The van der Waals surface area contributed by atoms with Crippen LogP contribution in [-0.4, -0.2) is 25.9 Å². The molecule has 17 heavy (non-hydrogen) atoms. The van der Waals surface area contributed by atoms with Gasteiger partial charge < -0.3 is 9.47 Å². The molecular formula is C15H28O2. The van der Waals surface area contributed by atoms with E-state index in [1.807, 2.05) is 7.11 Å². The van der Waals surface area contributed by atoms with Gasteiger partial charge in [0.05, 0.1) is 18.8 Å². The zero-order chi connectivity index (χ0) is 12.1. The number of rotatable bonds is 4. The van der Waals surface area contributed by atoms with Gasteiger partial charge in [0, 0.05) is 7.11 Å². The van der Waals surface area contributed by atoms with Crippen LogP contribution in [0.15, 0.2) is 0 Å². The molecule has 2 nitrogen and oxygen atoms in total. The molecule has 1 heterocycles. The number of hydrogen-bond donors (Lipinski definition) is 0. The smallest absolute Gasteiger partial charge is 0.0575 e. The monoisotopic (exact) mass is 240 g/mol. The first-order chi connectivity index (χ1) is 8.33. The minimum atomic E-state index is 0.531. The van der Waals surface area contributed by atoms with Gasteiger partial charge in [-0.1, -0.05) is 13.3 Å². The van der Waals surface area contributed by atoms with Gasteiger partial charge >= 0.3 is 0 Å². The molecule has 2 unspecified atom stereocenters. The van der Waals surface area contributed by atoms with Crippen molar-refractivity contribution < 1.29 is 9.47 Å². The van der Waals surface area contributed by atoms with Crippen LogP contribution in [0, 0.1) is 11.8 Å². The highest BCUT2D eigenvalue weighted by Crippen LogP contribution is 2.36. The molecule has 0 bridgehead atoms. The third-order valence-corrected chi connectivity index (χ3v) is 4.73. The van der Waals surface area contributed by atoms with E-state index in [1.165, 1.54) is 51.4 Å². The standard InChI is InChI=1S/C15H28O2/c1-3-4-15-10-7-13(11-17-15)12-5-8-14(16-2)9-6-12/h12-15H,3-11H2,1-2H3. The summed E-state index contributed by atoms with van der Waals surface area (Å²) in [6.45, 7) is 3.27. The van der Waals surface area contributed by atoms with E-state index in [0.29, 0.717) is 12.2 Å². The molecule has 0 radical (unpaired) electrons. The quantitative estimate of drug-likeness (QED) is 0.744. The summed E-state index contributed by atoms with van der Waals surface area (Å²) in [6.07, 6.45) is 11.5. The highest BCUT2D eigenvalue weighted by Gasteiger charge is 2.30. The van der Waals surface area contributed by atoms with Crippen molar-refractivity contribution in [1.29, 1.82) is 0 Å². The van der Waals surface area contributed by atoms with Crippen molar-refractivity contribution in [3.8, 4) is 0 Å². The molecule has 2 rings (SSSR count). The predicted octanol–water partition coefficient (Wildman–Crippen LogP) is 3.79. The maximum Gasteiger partial charge on any atom is 0.0575 e. The van der Waals surface area contributed by atoms with Crippen molar-refractivity contribution >= 4 is 0 Å². The molecule has 0 aromatic heterocycles. The van der Waals surface area contributed by atoms with Crippen LogP contribution in [0.1, 0.15) is 58.3 Å². The van der Waals surface area contributed by atoms with Crippen molar-refractivity contribution in [3.63, 3.8) is 0 Å². The lowest BCUT2D eigenvalue weighted by Gasteiger charge is -2.37. The van der Waals surface area contributed by atoms with E-state index in [9.17, 15) is 0 Å². The van der Waals surface area contributed by atoms with Gasteiger partial charge in [0.25, 0.3) is 0 Å². The fourth-order valence-electron chi connectivity index (χ4n) is 3.54. The average Bonchev–Trinajstić information content (AvgIpc) is 2.40. The minimum Gasteiger partial charge on any atom is -0.381 e. The zero-order valence-electron chi connectivity index (χ0n) is 11.5. The summed E-state index contributed by atoms with van der Waals surface area (Å²) in [7, 11) is 1.85. The number of ether oxygens (including phenoxy) is 2. The first-order valence-electron chi connectivity index (χ1n) is 7.47. The second-order valence-electron chi connectivity index (χ2n) is 5.85. The van der Waals surface area contributed by atoms with Crippen molar-refractivity contribution in [2.75, 3.05) is 13.7 Å². The molecule has 2 heteroatoms. The third kappa shape index (κ3) is 3.69. The Hall–Kier alpha value is -0.0800. The molecule has 0 amide bonds. The number of methoxy groups -OCH3 is 1. The van der Waals surface area contributed by atoms with Gasteiger partial charge in [-0.05, 0) is 56.8 Å². The van der Waals surface area contributed by atoms with E-state index >= 15 is 0 Å². The van der Waals surface area contributed by atoms with E-state index in [4.69, 9.17) is 9.47 Å². The summed E-state index contributed by atoms with van der Waals surface area (Å²) < 4.78 is 11.5. The van der Waals surface area contributed by atoms with Gasteiger partial charge in [0.15, 0.2) is 0 Å². The summed E-state index contributed by atoms with van der Waals surface area (Å²) in [5, 5.41) is 0. The molecule has 1 saturated carbocycles. The lowest BCUT2D eigenvalue weighted by Crippen LogP contribution is -2.33. The van der Waals surface area contributed by atoms with Crippen molar-refractivity contribution in [2.24, 2.45) is 11.8 Å². The molecule has 2 fully saturated rings. The fourth-order valence-corrected chi connectivity index (χ4v) is 3.54. The molecule has 0 aromatic rings. The first kappa shape index (κ1) is 13.4. The van der Waals surface area contributed by atoms with Crippen LogP contribution in [0.5, 0.6) is 0 Å². The molecular weight excluding hydrogens is 212 g/mol. The zero-order valence-corrected chi connectivity index (χ0v) is 11.5. The van der Waals surface area contributed by atoms with E-state index in [-0.39, 0.29) is 0 Å². The lowest BCUT2D eigenvalue weighted by molar-refractivity contribution is -0.0480. The van der Waals surface area contributed by atoms with Gasteiger partial charge in [0.1, 0.15) is 0 Å². The average molecular weight is 240 g/mol. The second kappa shape index (κ2) is 6.75. The van der Waals surface area contributed by atoms with Gasteiger partial charge in [-0.2, -0.15) is 0 Å². The molecule has 2 aliphatic rings. The normalized spacial score (nSPS) is 39.2. The maximum atomic E-state index is 6.01. The fraction of sp³-hybridized carbons (Fsp3) is 1.00. The van der Waals surface area contributed by atoms with Crippen LogP contribution in [-0.2, 0) is 9.47 Å². The van der Waals surface area contributed by atoms with E-state index < -0.39 is 0 Å². The van der Waals surface area contributed by atoms with Crippen LogP contribution >= 0.6 is 0 Å². The SMILES string of the molecule is CCCC1CCC(C2CCC(OC)CC2)CO1. The Morgan fingerprint density at radius 2 is 1.71 bits per heavy atom. The van der Waals surface area contributed by atoms with Crippen molar-refractivity contribution in [1.82, 2.24) is 0 Å². The van der Waals surface area contributed by atoms with Crippen LogP contribution in [0.25, 0.3) is 0 Å². The van der Waals surface area contributed by atoms with Crippen molar-refractivity contribution in [3.05, 3.63) is 0 Å².